The highest BCUT2D eigenvalue weighted by Gasteiger charge is 2.34. The van der Waals surface area contributed by atoms with Gasteiger partial charge in [-0.05, 0) is 49.9 Å². The molecule has 1 atom stereocenters. The summed E-state index contributed by atoms with van der Waals surface area (Å²) in [7, 11) is 0. The van der Waals surface area contributed by atoms with Crippen LogP contribution in [0, 0.1) is 12.8 Å². The lowest BCUT2D eigenvalue weighted by Crippen LogP contribution is -2.37. The Balaban J connectivity index is 1.55. The Morgan fingerprint density at radius 3 is 2.91 bits per heavy atom. The quantitative estimate of drug-likeness (QED) is 0.546. The van der Waals surface area contributed by atoms with E-state index in [9.17, 15) is 9.59 Å². The number of carbonyl (C=O) groups is 2. The van der Waals surface area contributed by atoms with Gasteiger partial charge in [-0.2, -0.15) is 0 Å². The number of thiophene rings is 1. The number of hydrogen-bond donors (Lipinski definition) is 3. The highest BCUT2D eigenvalue weighted by atomic mass is 32.1. The van der Waals surface area contributed by atoms with Crippen molar-refractivity contribution in [3.05, 3.63) is 40.7 Å². The second kappa shape index (κ2) is 8.14. The lowest BCUT2D eigenvalue weighted by molar-refractivity contribution is 0.0945. The van der Waals surface area contributed by atoms with Crippen molar-refractivity contribution in [2.45, 2.75) is 39.7 Å². The molecule has 5 rings (SSSR count). The molecular weight excluding hydrogens is 424 g/mol. The zero-order chi connectivity index (χ0) is 22.4. The van der Waals surface area contributed by atoms with Crippen molar-refractivity contribution in [1.82, 2.24) is 20.6 Å². The summed E-state index contributed by atoms with van der Waals surface area (Å²) in [5, 5.41) is 10.1. The molecule has 0 aromatic carbocycles. The van der Waals surface area contributed by atoms with Gasteiger partial charge in [-0.25, -0.2) is 9.78 Å². The van der Waals surface area contributed by atoms with Gasteiger partial charge in [0.15, 0.2) is 0 Å². The van der Waals surface area contributed by atoms with Crippen LogP contribution in [-0.2, 0) is 6.42 Å². The molecule has 1 fully saturated rings. The van der Waals surface area contributed by atoms with Gasteiger partial charge in [0.1, 0.15) is 9.71 Å². The molecule has 0 saturated carbocycles. The van der Waals surface area contributed by atoms with Crippen molar-refractivity contribution in [3.8, 4) is 0 Å². The van der Waals surface area contributed by atoms with Gasteiger partial charge in [0.2, 0.25) is 0 Å². The molecular formula is C23H26N6O2S. The minimum Gasteiger partial charge on any atom is -0.347 e. The van der Waals surface area contributed by atoms with E-state index >= 15 is 0 Å². The number of rotatable bonds is 5. The van der Waals surface area contributed by atoms with Gasteiger partial charge in [0, 0.05) is 24.5 Å². The highest BCUT2D eigenvalue weighted by Crippen LogP contribution is 2.46. The van der Waals surface area contributed by atoms with E-state index in [-0.39, 0.29) is 18.0 Å². The maximum absolute atomic E-state index is 13.3. The predicted molar refractivity (Wildman–Crippen MR) is 127 cm³/mol. The number of amides is 3. The van der Waals surface area contributed by atoms with Gasteiger partial charge in [0.25, 0.3) is 5.91 Å². The number of pyridine rings is 2. The SMILES string of the molecule is Cc1cc(CC(C)C)ncc1N1C(=O)Nc2c(C(=O)N[C@@H]3CCNC3)sc3nccc1c23. The molecule has 3 N–H and O–H groups in total. The number of nitrogens with zero attached hydrogens (tertiary/aromatic N) is 3. The Kier molecular flexibility index (Phi) is 5.30. The summed E-state index contributed by atoms with van der Waals surface area (Å²) in [4.78, 5) is 38.2. The molecule has 0 bridgehead atoms. The first-order valence-corrected chi connectivity index (χ1v) is 11.7. The minimum atomic E-state index is -0.304. The molecule has 2 aliphatic heterocycles. The second-order valence-electron chi connectivity index (χ2n) is 8.81. The zero-order valence-corrected chi connectivity index (χ0v) is 19.2. The molecule has 1 saturated heterocycles. The number of aryl methyl sites for hydroxylation is 1. The summed E-state index contributed by atoms with van der Waals surface area (Å²) in [6.45, 7) is 7.96. The Hall–Kier alpha value is -3.04. The summed E-state index contributed by atoms with van der Waals surface area (Å²) < 4.78 is 0. The van der Waals surface area contributed by atoms with E-state index in [4.69, 9.17) is 0 Å². The Morgan fingerprint density at radius 2 is 2.19 bits per heavy atom. The lowest BCUT2D eigenvalue weighted by Gasteiger charge is -2.29. The maximum Gasteiger partial charge on any atom is 0.331 e. The van der Waals surface area contributed by atoms with Crippen molar-refractivity contribution >= 4 is 50.6 Å². The topological polar surface area (TPSA) is 99.2 Å². The van der Waals surface area contributed by atoms with Gasteiger partial charge in [-0.1, -0.05) is 13.8 Å². The van der Waals surface area contributed by atoms with Gasteiger partial charge in [-0.15, -0.1) is 11.3 Å². The highest BCUT2D eigenvalue weighted by molar-refractivity contribution is 7.21. The van der Waals surface area contributed by atoms with E-state index in [0.29, 0.717) is 22.2 Å². The number of hydrogen-bond acceptors (Lipinski definition) is 6. The largest absolute Gasteiger partial charge is 0.347 e. The van der Waals surface area contributed by atoms with Crippen molar-refractivity contribution in [2.75, 3.05) is 23.3 Å². The molecule has 3 amide bonds. The van der Waals surface area contributed by atoms with Crippen molar-refractivity contribution < 1.29 is 9.59 Å². The smallest absolute Gasteiger partial charge is 0.331 e. The third kappa shape index (κ3) is 3.61. The molecule has 9 heteroatoms. The van der Waals surface area contributed by atoms with Crippen molar-refractivity contribution in [1.29, 1.82) is 0 Å². The fourth-order valence-corrected chi connectivity index (χ4v) is 5.41. The monoisotopic (exact) mass is 450 g/mol. The van der Waals surface area contributed by atoms with Crippen LogP contribution in [-0.4, -0.2) is 41.0 Å². The number of nitrogens with one attached hydrogen (secondary N) is 3. The van der Waals surface area contributed by atoms with Crippen LogP contribution < -0.4 is 20.9 Å². The number of carbonyl (C=O) groups excluding carboxylic acids is 2. The third-order valence-electron chi connectivity index (χ3n) is 5.85. The fraction of sp³-hybridized carbons (Fsp3) is 0.391. The van der Waals surface area contributed by atoms with Crippen molar-refractivity contribution in [2.24, 2.45) is 5.92 Å². The van der Waals surface area contributed by atoms with Gasteiger partial charge >= 0.3 is 6.03 Å². The van der Waals surface area contributed by atoms with Crippen LogP contribution in [0.4, 0.5) is 21.9 Å². The third-order valence-corrected chi connectivity index (χ3v) is 6.94. The van der Waals surface area contributed by atoms with E-state index < -0.39 is 0 Å². The molecule has 0 radical (unpaired) electrons. The average molecular weight is 451 g/mol. The van der Waals surface area contributed by atoms with Crippen LogP contribution in [0.1, 0.15) is 41.2 Å². The first kappa shape index (κ1) is 20.8. The van der Waals surface area contributed by atoms with Crippen LogP contribution in [0.15, 0.2) is 24.5 Å². The zero-order valence-electron chi connectivity index (χ0n) is 18.4. The molecule has 166 valence electrons. The molecule has 8 nitrogen and oxygen atoms in total. The molecule has 0 spiro atoms. The summed E-state index contributed by atoms with van der Waals surface area (Å²) in [6, 6.07) is 3.66. The van der Waals surface area contributed by atoms with E-state index in [2.05, 4.69) is 39.8 Å². The summed E-state index contributed by atoms with van der Waals surface area (Å²) in [6.07, 6.45) is 5.23. The normalized spacial score (nSPS) is 17.8. The Labute approximate surface area is 190 Å². The first-order valence-electron chi connectivity index (χ1n) is 10.9. The van der Waals surface area contributed by atoms with Crippen LogP contribution in [0.25, 0.3) is 10.2 Å². The molecule has 2 aliphatic rings. The van der Waals surface area contributed by atoms with Crippen LogP contribution in [0.3, 0.4) is 0 Å². The minimum absolute atomic E-state index is 0.0983. The number of aromatic nitrogens is 2. The van der Waals surface area contributed by atoms with Gasteiger partial charge < -0.3 is 16.0 Å². The second-order valence-corrected chi connectivity index (χ2v) is 9.80. The summed E-state index contributed by atoms with van der Waals surface area (Å²) >= 11 is 1.31. The van der Waals surface area contributed by atoms with Gasteiger partial charge in [0.05, 0.1) is 28.6 Å². The molecule has 3 aromatic heterocycles. The molecule has 3 aromatic rings. The molecule has 32 heavy (non-hydrogen) atoms. The summed E-state index contributed by atoms with van der Waals surface area (Å²) in [5.41, 5.74) is 3.96. The van der Waals surface area contributed by atoms with E-state index in [0.717, 1.165) is 53.1 Å². The van der Waals surface area contributed by atoms with E-state index in [1.165, 1.54) is 11.3 Å². The Morgan fingerprint density at radius 1 is 1.34 bits per heavy atom. The van der Waals surface area contributed by atoms with Crippen LogP contribution >= 0.6 is 11.3 Å². The fourth-order valence-electron chi connectivity index (χ4n) is 4.38. The van der Waals surface area contributed by atoms with Gasteiger partial charge in [-0.3, -0.25) is 14.7 Å². The van der Waals surface area contributed by atoms with Crippen molar-refractivity contribution in [3.63, 3.8) is 0 Å². The Bertz CT molecular complexity index is 1210. The van der Waals surface area contributed by atoms with E-state index in [1.807, 2.05) is 19.1 Å². The summed E-state index contributed by atoms with van der Waals surface area (Å²) in [5.74, 6) is 0.330. The molecule has 5 heterocycles. The standard InChI is InChI=1S/C23H26N6O2S/c1-12(2)8-15-9-13(3)17(11-26-15)29-16-5-7-25-22-18(16)19(28-23(29)31)20(32-22)21(30)27-14-4-6-24-10-14/h5,7,9,11-12,14,24H,4,6,8,10H2,1-3H3,(H,27,30)(H,28,31)/t14-/m1/s1. The first-order chi connectivity index (χ1) is 15.4. The lowest BCUT2D eigenvalue weighted by atomic mass is 10.0. The molecule has 0 aliphatic carbocycles. The van der Waals surface area contributed by atoms with E-state index in [1.54, 1.807) is 17.3 Å². The predicted octanol–water partition coefficient (Wildman–Crippen LogP) is 3.97. The van der Waals surface area contributed by atoms with Crippen LogP contribution in [0.2, 0.25) is 0 Å². The van der Waals surface area contributed by atoms with Crippen LogP contribution in [0.5, 0.6) is 0 Å². The number of anilines is 3. The maximum atomic E-state index is 13.3. The number of urea groups is 1. The molecule has 0 unspecified atom stereocenters. The average Bonchev–Trinajstić information content (AvgIpc) is 3.37.